The summed E-state index contributed by atoms with van der Waals surface area (Å²) < 4.78 is 50.1. The Kier molecular flexibility index (Phi) is 10.3. The Balaban J connectivity index is 1.70. The first kappa shape index (κ1) is 30.1. The van der Waals surface area contributed by atoms with Crippen molar-refractivity contribution < 1.29 is 32.2 Å². The molecule has 2 aromatic carbocycles. The monoisotopic (exact) mass is 574 g/mol. The van der Waals surface area contributed by atoms with E-state index < -0.39 is 15.9 Å². The third kappa shape index (κ3) is 6.72. The van der Waals surface area contributed by atoms with Gasteiger partial charge in [0.05, 0.1) is 25.4 Å². The summed E-state index contributed by atoms with van der Waals surface area (Å²) in [5.74, 6) is 1.28. The largest absolute Gasteiger partial charge is 0.497 e. The van der Waals surface area contributed by atoms with E-state index in [1.54, 1.807) is 11.4 Å². The normalized spacial score (nSPS) is 20.7. The van der Waals surface area contributed by atoms with Crippen molar-refractivity contribution in [2.45, 2.75) is 52.0 Å². The number of sulfonamides is 1. The molecule has 1 saturated heterocycles. The molecule has 0 aliphatic carbocycles. The maximum Gasteiger partial charge on any atom is 0.311 e. The summed E-state index contributed by atoms with van der Waals surface area (Å²) in [6.45, 7) is 8.12. The van der Waals surface area contributed by atoms with Crippen LogP contribution in [0.1, 0.15) is 63.1 Å². The molecular weight excluding hydrogens is 532 g/mol. The van der Waals surface area contributed by atoms with Crippen molar-refractivity contribution in [3.05, 3.63) is 53.6 Å². The van der Waals surface area contributed by atoms with Crippen LogP contribution in [0.25, 0.3) is 0 Å². The lowest BCUT2D eigenvalue weighted by molar-refractivity contribution is -0.149. The van der Waals surface area contributed by atoms with Crippen LogP contribution in [-0.2, 0) is 19.6 Å². The molecule has 0 radical (unpaired) electrons. The first-order chi connectivity index (χ1) is 19.3. The van der Waals surface area contributed by atoms with Gasteiger partial charge in [0.2, 0.25) is 16.8 Å². The summed E-state index contributed by atoms with van der Waals surface area (Å²) in [6, 6.07) is 13.3. The summed E-state index contributed by atoms with van der Waals surface area (Å²) in [6.07, 6.45) is 2.19. The minimum Gasteiger partial charge on any atom is -0.497 e. The van der Waals surface area contributed by atoms with Crippen molar-refractivity contribution in [1.29, 1.82) is 0 Å². The van der Waals surface area contributed by atoms with Crippen LogP contribution in [0.15, 0.2) is 42.5 Å². The first-order valence-corrected chi connectivity index (χ1v) is 15.9. The third-order valence-electron chi connectivity index (χ3n) is 7.70. The van der Waals surface area contributed by atoms with E-state index in [2.05, 4.69) is 4.90 Å². The van der Waals surface area contributed by atoms with Gasteiger partial charge in [-0.25, -0.2) is 12.7 Å². The molecule has 0 spiro atoms. The zero-order valence-corrected chi connectivity index (χ0v) is 24.8. The summed E-state index contributed by atoms with van der Waals surface area (Å²) >= 11 is 0. The molecule has 10 heteroatoms. The molecule has 0 saturated carbocycles. The number of fused-ring (bicyclic) bond motifs is 1. The van der Waals surface area contributed by atoms with Crippen molar-refractivity contribution in [3.63, 3.8) is 0 Å². The number of rotatable bonds is 14. The second kappa shape index (κ2) is 13.7. The molecule has 0 unspecified atom stereocenters. The predicted octanol–water partition coefficient (Wildman–Crippen LogP) is 4.59. The Morgan fingerprint density at radius 2 is 1.73 bits per heavy atom. The summed E-state index contributed by atoms with van der Waals surface area (Å²) in [7, 11) is -1.75. The molecule has 2 aliphatic rings. The first-order valence-electron chi connectivity index (χ1n) is 14.2. The number of likely N-dealkylation sites (tertiary alicyclic amines) is 1. The van der Waals surface area contributed by atoms with Crippen LogP contribution in [0.3, 0.4) is 0 Å². The fourth-order valence-electron chi connectivity index (χ4n) is 5.70. The number of esters is 1. The van der Waals surface area contributed by atoms with E-state index in [1.165, 1.54) is 0 Å². The van der Waals surface area contributed by atoms with Crippen molar-refractivity contribution in [2.75, 3.05) is 52.4 Å². The van der Waals surface area contributed by atoms with E-state index in [4.69, 9.17) is 18.9 Å². The van der Waals surface area contributed by atoms with Crippen molar-refractivity contribution in [3.8, 4) is 17.2 Å². The lowest BCUT2D eigenvalue weighted by Crippen LogP contribution is -2.40. The highest BCUT2D eigenvalue weighted by Gasteiger charge is 2.48. The molecule has 40 heavy (non-hydrogen) atoms. The van der Waals surface area contributed by atoms with Crippen molar-refractivity contribution in [2.24, 2.45) is 5.92 Å². The molecule has 0 amide bonds. The van der Waals surface area contributed by atoms with Gasteiger partial charge >= 0.3 is 5.97 Å². The summed E-state index contributed by atoms with van der Waals surface area (Å²) in [4.78, 5) is 15.8. The Bertz CT molecular complexity index is 1240. The molecule has 0 bridgehead atoms. The van der Waals surface area contributed by atoms with Gasteiger partial charge in [-0.2, -0.15) is 0 Å². The van der Waals surface area contributed by atoms with Crippen LogP contribution in [-0.4, -0.2) is 76.0 Å². The van der Waals surface area contributed by atoms with E-state index in [1.807, 2.05) is 63.2 Å². The van der Waals surface area contributed by atoms with Gasteiger partial charge in [0.15, 0.2) is 11.5 Å². The summed E-state index contributed by atoms with van der Waals surface area (Å²) in [5, 5.41) is 0. The lowest BCUT2D eigenvalue weighted by atomic mass is 9.82. The van der Waals surface area contributed by atoms with E-state index >= 15 is 0 Å². The predicted molar refractivity (Wildman–Crippen MR) is 153 cm³/mol. The molecule has 4 rings (SSSR count). The standard InChI is InChI=1S/C30H42N2O7S/c1-5-8-18-40(34,35)32(15-6-2)17-16-31-20-25(23-11-14-26-27(19-23)39-21-38-26)28(30(33)37-7-3)29(31)22-9-12-24(36-4)13-10-22/h9-14,19,25,28-29H,5-8,15-18,20-21H2,1-4H3/t25-,28-,29+/m1/s1. The van der Waals surface area contributed by atoms with Gasteiger partial charge in [0, 0.05) is 38.1 Å². The van der Waals surface area contributed by atoms with Crippen LogP contribution in [0.2, 0.25) is 0 Å². The minimum atomic E-state index is -3.37. The van der Waals surface area contributed by atoms with Gasteiger partial charge in [-0.05, 0) is 55.2 Å². The maximum atomic E-state index is 13.6. The van der Waals surface area contributed by atoms with Gasteiger partial charge in [-0.1, -0.05) is 38.5 Å². The molecule has 1 fully saturated rings. The topological polar surface area (TPSA) is 94.6 Å². The number of unbranched alkanes of at least 4 members (excludes halogenated alkanes) is 1. The zero-order chi connectivity index (χ0) is 28.7. The minimum absolute atomic E-state index is 0.149. The van der Waals surface area contributed by atoms with Gasteiger partial charge in [-0.3, -0.25) is 9.69 Å². The van der Waals surface area contributed by atoms with Crippen LogP contribution in [0.5, 0.6) is 17.2 Å². The fourth-order valence-corrected chi connectivity index (χ4v) is 7.43. The Morgan fingerprint density at radius 3 is 2.40 bits per heavy atom. The van der Waals surface area contributed by atoms with Gasteiger partial charge < -0.3 is 18.9 Å². The Morgan fingerprint density at radius 1 is 1.00 bits per heavy atom. The van der Waals surface area contributed by atoms with Gasteiger partial charge in [0.1, 0.15) is 5.75 Å². The van der Waals surface area contributed by atoms with E-state index in [9.17, 15) is 13.2 Å². The van der Waals surface area contributed by atoms with Crippen LogP contribution < -0.4 is 14.2 Å². The van der Waals surface area contributed by atoms with E-state index in [0.29, 0.717) is 44.1 Å². The number of hydrogen-bond acceptors (Lipinski definition) is 8. The molecule has 3 atom stereocenters. The number of carbonyl (C=O) groups excluding carboxylic acids is 1. The van der Waals surface area contributed by atoms with Gasteiger partial charge in [-0.15, -0.1) is 0 Å². The van der Waals surface area contributed by atoms with Crippen molar-refractivity contribution in [1.82, 2.24) is 9.21 Å². The molecule has 2 heterocycles. The average molecular weight is 575 g/mol. The molecule has 220 valence electrons. The molecule has 2 aliphatic heterocycles. The van der Waals surface area contributed by atoms with Crippen molar-refractivity contribution >= 4 is 16.0 Å². The quantitative estimate of drug-likeness (QED) is 0.303. The lowest BCUT2D eigenvalue weighted by Gasteiger charge is -2.30. The molecular formula is C30H42N2O7S. The highest BCUT2D eigenvalue weighted by atomic mass is 32.2. The molecule has 2 aromatic rings. The molecule has 0 N–H and O–H groups in total. The smallest absolute Gasteiger partial charge is 0.311 e. The highest BCUT2D eigenvalue weighted by molar-refractivity contribution is 7.89. The zero-order valence-electron chi connectivity index (χ0n) is 24.0. The maximum absolute atomic E-state index is 13.6. The number of carbonyl (C=O) groups is 1. The highest BCUT2D eigenvalue weighted by Crippen LogP contribution is 2.48. The third-order valence-corrected chi connectivity index (χ3v) is 9.65. The molecule has 9 nitrogen and oxygen atoms in total. The second-order valence-corrected chi connectivity index (χ2v) is 12.4. The van der Waals surface area contributed by atoms with Gasteiger partial charge in [0.25, 0.3) is 0 Å². The van der Waals surface area contributed by atoms with Crippen LogP contribution >= 0.6 is 0 Å². The fraction of sp³-hybridized carbons (Fsp3) is 0.567. The molecule has 0 aromatic heterocycles. The van der Waals surface area contributed by atoms with Crippen LogP contribution in [0, 0.1) is 5.92 Å². The second-order valence-electron chi connectivity index (χ2n) is 10.3. The number of ether oxygens (including phenoxy) is 4. The average Bonchev–Trinajstić information content (AvgIpc) is 3.58. The Labute approximate surface area is 238 Å². The van der Waals surface area contributed by atoms with E-state index in [0.717, 1.165) is 29.7 Å². The number of hydrogen-bond donors (Lipinski definition) is 0. The number of methoxy groups -OCH3 is 1. The van der Waals surface area contributed by atoms with Crippen LogP contribution in [0.4, 0.5) is 0 Å². The summed E-state index contributed by atoms with van der Waals surface area (Å²) in [5.41, 5.74) is 1.92. The SMILES string of the molecule is CCCCS(=O)(=O)N(CCC)CCN1C[C@H](c2ccc3c(c2)OCO3)[C@@H](C(=O)OCC)[C@@H]1c1ccc(OC)cc1. The van der Waals surface area contributed by atoms with E-state index in [-0.39, 0.29) is 37.1 Å². The Hall–Kier alpha value is -2.82. The number of benzene rings is 2. The number of nitrogens with zero attached hydrogens (tertiary/aromatic N) is 2.